The van der Waals surface area contributed by atoms with Crippen molar-refractivity contribution in [2.45, 2.75) is 0 Å². The number of nitrogens with zero attached hydrogens (tertiary/aromatic N) is 3. The molecule has 5 heteroatoms. The molecule has 4 nitrogen and oxygen atoms in total. The van der Waals surface area contributed by atoms with Crippen molar-refractivity contribution < 1.29 is 0 Å². The highest BCUT2D eigenvalue weighted by molar-refractivity contribution is 9.10. The minimum Gasteiger partial charge on any atom is -0.398 e. The zero-order valence-electron chi connectivity index (χ0n) is 9.34. The van der Waals surface area contributed by atoms with E-state index in [4.69, 9.17) is 11.0 Å². The van der Waals surface area contributed by atoms with Gasteiger partial charge in [-0.05, 0) is 40.2 Å². The SMILES string of the molecule is N#Cc1c(N=Nc2ccccc2)ccc(N)c1Br. The van der Waals surface area contributed by atoms with Gasteiger partial charge in [-0.25, -0.2) is 0 Å². The van der Waals surface area contributed by atoms with Gasteiger partial charge in [0.1, 0.15) is 11.8 Å². The Balaban J connectivity index is 2.39. The second kappa shape index (κ2) is 5.43. The molecule has 0 aromatic heterocycles. The summed E-state index contributed by atoms with van der Waals surface area (Å²) in [6.07, 6.45) is 0. The van der Waals surface area contributed by atoms with Gasteiger partial charge in [0.2, 0.25) is 0 Å². The van der Waals surface area contributed by atoms with E-state index in [-0.39, 0.29) is 0 Å². The molecule has 0 heterocycles. The number of nitriles is 1. The second-order valence-corrected chi connectivity index (χ2v) is 4.30. The summed E-state index contributed by atoms with van der Waals surface area (Å²) in [5, 5.41) is 17.2. The van der Waals surface area contributed by atoms with E-state index in [1.54, 1.807) is 12.1 Å². The Morgan fingerprint density at radius 3 is 2.44 bits per heavy atom. The molecule has 2 rings (SSSR count). The van der Waals surface area contributed by atoms with Crippen molar-refractivity contribution in [3.63, 3.8) is 0 Å². The molecule has 0 bridgehead atoms. The van der Waals surface area contributed by atoms with Crippen molar-refractivity contribution in [2.75, 3.05) is 5.73 Å². The number of hydrogen-bond donors (Lipinski definition) is 1. The van der Waals surface area contributed by atoms with E-state index in [0.29, 0.717) is 21.4 Å². The lowest BCUT2D eigenvalue weighted by molar-refractivity contribution is 1.22. The third-order valence-electron chi connectivity index (χ3n) is 2.29. The summed E-state index contributed by atoms with van der Waals surface area (Å²) in [6, 6.07) is 14.7. The van der Waals surface area contributed by atoms with Crippen LogP contribution in [0.15, 0.2) is 57.2 Å². The van der Waals surface area contributed by atoms with Crippen LogP contribution in [0.4, 0.5) is 17.1 Å². The number of nitrogens with two attached hydrogens (primary N) is 1. The molecule has 0 aliphatic heterocycles. The first-order valence-electron chi connectivity index (χ1n) is 5.17. The van der Waals surface area contributed by atoms with Crippen LogP contribution in [-0.4, -0.2) is 0 Å². The van der Waals surface area contributed by atoms with Crippen molar-refractivity contribution in [3.8, 4) is 6.07 Å². The van der Waals surface area contributed by atoms with Gasteiger partial charge in [0.25, 0.3) is 0 Å². The Kier molecular flexibility index (Phi) is 3.70. The Hall–Kier alpha value is -2.19. The van der Waals surface area contributed by atoms with Gasteiger partial charge in [-0.1, -0.05) is 18.2 Å². The van der Waals surface area contributed by atoms with Crippen molar-refractivity contribution in [3.05, 3.63) is 52.5 Å². The molecule has 88 valence electrons. The van der Waals surface area contributed by atoms with Crippen LogP contribution < -0.4 is 5.73 Å². The summed E-state index contributed by atoms with van der Waals surface area (Å²) in [5.74, 6) is 0. The molecule has 2 aromatic rings. The molecule has 0 saturated heterocycles. The molecule has 0 amide bonds. The number of anilines is 1. The monoisotopic (exact) mass is 300 g/mol. The molecular weight excluding hydrogens is 292 g/mol. The first kappa shape index (κ1) is 12.3. The highest BCUT2D eigenvalue weighted by Crippen LogP contribution is 2.32. The summed E-state index contributed by atoms with van der Waals surface area (Å²) in [5.41, 5.74) is 7.81. The molecule has 2 N–H and O–H groups in total. The maximum absolute atomic E-state index is 9.08. The quantitative estimate of drug-likeness (QED) is 0.662. The molecule has 0 fully saturated rings. The molecule has 0 atom stereocenters. The first-order valence-corrected chi connectivity index (χ1v) is 5.96. The standard InChI is InChI=1S/C13H9BrN4/c14-13-10(8-15)12(7-6-11(13)16)18-17-9-4-2-1-3-5-9/h1-7H,16H2. The van der Waals surface area contributed by atoms with E-state index in [1.807, 2.05) is 30.3 Å². The molecule has 0 saturated carbocycles. The highest BCUT2D eigenvalue weighted by Gasteiger charge is 2.08. The fourth-order valence-corrected chi connectivity index (χ4v) is 1.80. The van der Waals surface area contributed by atoms with Crippen LogP contribution >= 0.6 is 15.9 Å². The first-order chi connectivity index (χ1) is 8.72. The Morgan fingerprint density at radius 2 is 1.78 bits per heavy atom. The Labute approximate surface area is 113 Å². The number of hydrogen-bond acceptors (Lipinski definition) is 4. The van der Waals surface area contributed by atoms with Crippen LogP contribution in [0, 0.1) is 11.3 Å². The predicted molar refractivity (Wildman–Crippen MR) is 73.9 cm³/mol. The second-order valence-electron chi connectivity index (χ2n) is 3.51. The third kappa shape index (κ3) is 2.55. The van der Waals surface area contributed by atoms with Crippen LogP contribution in [0.25, 0.3) is 0 Å². The third-order valence-corrected chi connectivity index (χ3v) is 3.15. The molecule has 0 unspecified atom stereocenters. The minimum atomic E-state index is 0.384. The molecule has 0 spiro atoms. The van der Waals surface area contributed by atoms with Crippen molar-refractivity contribution in [2.24, 2.45) is 10.2 Å². The van der Waals surface area contributed by atoms with Gasteiger partial charge in [0, 0.05) is 5.69 Å². The van der Waals surface area contributed by atoms with Crippen molar-refractivity contribution >= 4 is 33.0 Å². The van der Waals surface area contributed by atoms with Gasteiger partial charge in [-0.2, -0.15) is 10.4 Å². The normalized spacial score (nSPS) is 10.4. The van der Waals surface area contributed by atoms with E-state index in [2.05, 4.69) is 32.2 Å². The van der Waals surface area contributed by atoms with Crippen LogP contribution in [0.2, 0.25) is 0 Å². The van der Waals surface area contributed by atoms with Gasteiger partial charge in [0.05, 0.1) is 15.7 Å². The number of azo groups is 1. The molecule has 18 heavy (non-hydrogen) atoms. The zero-order valence-corrected chi connectivity index (χ0v) is 10.9. The van der Waals surface area contributed by atoms with Crippen molar-refractivity contribution in [1.29, 1.82) is 5.26 Å². The Bertz CT molecular complexity index is 629. The van der Waals surface area contributed by atoms with E-state index in [1.165, 1.54) is 0 Å². The van der Waals surface area contributed by atoms with Gasteiger partial charge in [-0.3, -0.25) is 0 Å². The van der Waals surface area contributed by atoms with Crippen LogP contribution in [0.1, 0.15) is 5.56 Å². The van der Waals surface area contributed by atoms with Crippen LogP contribution in [0.5, 0.6) is 0 Å². The smallest absolute Gasteiger partial charge is 0.105 e. The lowest BCUT2D eigenvalue weighted by atomic mass is 10.2. The average Bonchev–Trinajstić information content (AvgIpc) is 2.41. The number of nitrogen functional groups attached to an aromatic ring is 1. The minimum absolute atomic E-state index is 0.384. The summed E-state index contributed by atoms with van der Waals surface area (Å²) >= 11 is 3.27. The van der Waals surface area contributed by atoms with Gasteiger partial charge < -0.3 is 5.73 Å². The molecular formula is C13H9BrN4. The zero-order chi connectivity index (χ0) is 13.0. The van der Waals surface area contributed by atoms with E-state index in [0.717, 1.165) is 5.69 Å². The maximum Gasteiger partial charge on any atom is 0.105 e. The number of benzene rings is 2. The lowest BCUT2D eigenvalue weighted by Crippen LogP contribution is -1.89. The Morgan fingerprint density at radius 1 is 1.06 bits per heavy atom. The summed E-state index contributed by atoms with van der Waals surface area (Å²) < 4.78 is 0.550. The van der Waals surface area contributed by atoms with Crippen molar-refractivity contribution in [1.82, 2.24) is 0 Å². The number of halogens is 1. The van der Waals surface area contributed by atoms with Gasteiger partial charge in [-0.15, -0.1) is 5.11 Å². The molecule has 0 radical (unpaired) electrons. The largest absolute Gasteiger partial charge is 0.398 e. The van der Waals surface area contributed by atoms with Crippen LogP contribution in [0.3, 0.4) is 0 Å². The average molecular weight is 301 g/mol. The van der Waals surface area contributed by atoms with E-state index < -0.39 is 0 Å². The topological polar surface area (TPSA) is 74.5 Å². The number of rotatable bonds is 2. The van der Waals surface area contributed by atoms with Crippen LogP contribution in [-0.2, 0) is 0 Å². The fraction of sp³-hybridized carbons (Fsp3) is 0. The van der Waals surface area contributed by atoms with Gasteiger partial charge >= 0.3 is 0 Å². The summed E-state index contributed by atoms with van der Waals surface area (Å²) in [4.78, 5) is 0. The molecule has 2 aromatic carbocycles. The van der Waals surface area contributed by atoms with E-state index in [9.17, 15) is 0 Å². The maximum atomic E-state index is 9.08. The molecule has 0 aliphatic rings. The fourth-order valence-electron chi connectivity index (χ4n) is 1.38. The lowest BCUT2D eigenvalue weighted by Gasteiger charge is -2.02. The predicted octanol–water partition coefficient (Wildman–Crippen LogP) is 4.32. The molecule has 0 aliphatic carbocycles. The van der Waals surface area contributed by atoms with Gasteiger partial charge in [0.15, 0.2) is 0 Å². The summed E-state index contributed by atoms with van der Waals surface area (Å²) in [7, 11) is 0. The highest BCUT2D eigenvalue weighted by atomic mass is 79.9. The summed E-state index contributed by atoms with van der Waals surface area (Å²) in [6.45, 7) is 0. The van der Waals surface area contributed by atoms with E-state index >= 15 is 0 Å².